The van der Waals surface area contributed by atoms with Crippen molar-refractivity contribution in [3.8, 4) is 0 Å². The zero-order valence-electron chi connectivity index (χ0n) is 15.9. The fraction of sp³-hybridized carbons (Fsp3) is 0.318. The van der Waals surface area contributed by atoms with E-state index in [0.717, 1.165) is 28.1 Å². The first-order chi connectivity index (χ1) is 13.6. The zero-order chi connectivity index (χ0) is 19.8. The largest absolute Gasteiger partial charge is 0.456 e. The lowest BCUT2D eigenvalue weighted by atomic mass is 10.1. The van der Waals surface area contributed by atoms with Gasteiger partial charge in [-0.05, 0) is 37.5 Å². The van der Waals surface area contributed by atoms with Crippen molar-refractivity contribution in [3.63, 3.8) is 0 Å². The molecule has 6 heteroatoms. The van der Waals surface area contributed by atoms with Crippen LogP contribution in [-0.2, 0) is 27.2 Å². The molecule has 0 unspecified atom stereocenters. The van der Waals surface area contributed by atoms with Crippen LogP contribution in [0.5, 0.6) is 0 Å². The number of esters is 1. The molecule has 2 aromatic carbocycles. The summed E-state index contributed by atoms with van der Waals surface area (Å²) in [5.41, 5.74) is 2.18. The Hall–Kier alpha value is -2.73. The second kappa shape index (κ2) is 9.99. The molecule has 1 heterocycles. The summed E-state index contributed by atoms with van der Waals surface area (Å²) in [5, 5.41) is 3.77. The molecule has 0 bridgehead atoms. The van der Waals surface area contributed by atoms with Gasteiger partial charge in [-0.15, -0.1) is 11.3 Å². The number of rotatable bonds is 9. The summed E-state index contributed by atoms with van der Waals surface area (Å²) in [6.45, 7) is 1.71. The van der Waals surface area contributed by atoms with Crippen molar-refractivity contribution < 1.29 is 14.3 Å². The minimum Gasteiger partial charge on any atom is -0.456 e. The van der Waals surface area contributed by atoms with Crippen molar-refractivity contribution in [2.45, 2.75) is 38.6 Å². The van der Waals surface area contributed by atoms with Crippen molar-refractivity contribution in [1.82, 2.24) is 10.3 Å². The molecule has 0 saturated carbocycles. The number of amides is 1. The van der Waals surface area contributed by atoms with E-state index in [1.807, 2.05) is 49.4 Å². The Bertz CT molecular complexity index is 891. The molecule has 5 nitrogen and oxygen atoms in total. The van der Waals surface area contributed by atoms with Crippen LogP contribution in [0.15, 0.2) is 54.6 Å². The van der Waals surface area contributed by atoms with Gasteiger partial charge < -0.3 is 10.1 Å². The molecule has 146 valence electrons. The number of carbonyl (C=O) groups excluding carboxylic acids is 2. The molecule has 1 aromatic heterocycles. The third-order valence-corrected chi connectivity index (χ3v) is 5.46. The number of nitrogens with zero attached hydrogens (tertiary/aromatic N) is 1. The molecule has 3 aromatic rings. The second-order valence-electron chi connectivity index (χ2n) is 6.73. The van der Waals surface area contributed by atoms with E-state index in [1.165, 1.54) is 5.56 Å². The Morgan fingerprint density at radius 1 is 1.07 bits per heavy atom. The van der Waals surface area contributed by atoms with Gasteiger partial charge in [0, 0.05) is 12.5 Å². The van der Waals surface area contributed by atoms with Crippen LogP contribution in [-0.4, -0.2) is 29.5 Å². The van der Waals surface area contributed by atoms with Gasteiger partial charge >= 0.3 is 5.97 Å². The van der Waals surface area contributed by atoms with Gasteiger partial charge in [0.05, 0.1) is 21.6 Å². The summed E-state index contributed by atoms with van der Waals surface area (Å²) in [7, 11) is 0. The minimum atomic E-state index is -0.383. The lowest BCUT2D eigenvalue weighted by molar-refractivity contribution is -0.148. The zero-order valence-corrected chi connectivity index (χ0v) is 16.7. The van der Waals surface area contributed by atoms with Crippen molar-refractivity contribution in [3.05, 3.63) is 65.2 Å². The number of fused-ring (bicyclic) bond motifs is 1. The highest BCUT2D eigenvalue weighted by Crippen LogP contribution is 2.22. The number of ether oxygens (including phenoxy) is 1. The first-order valence-corrected chi connectivity index (χ1v) is 10.2. The van der Waals surface area contributed by atoms with Crippen LogP contribution in [0.4, 0.5) is 0 Å². The molecule has 0 aliphatic carbocycles. The number of hydrogen-bond acceptors (Lipinski definition) is 5. The summed E-state index contributed by atoms with van der Waals surface area (Å²) < 4.78 is 6.20. The van der Waals surface area contributed by atoms with Gasteiger partial charge in [0.25, 0.3) is 5.91 Å². The van der Waals surface area contributed by atoms with Crippen LogP contribution in [0, 0.1) is 0 Å². The monoisotopic (exact) mass is 396 g/mol. The quantitative estimate of drug-likeness (QED) is 0.557. The molecule has 0 aliphatic rings. The lowest BCUT2D eigenvalue weighted by Gasteiger charge is -2.14. The van der Waals surface area contributed by atoms with Gasteiger partial charge in [-0.3, -0.25) is 9.59 Å². The SMILES string of the molecule is C[C@H](CCc1ccccc1)NC(=O)COC(=O)CCc1nc2ccccc2s1. The van der Waals surface area contributed by atoms with Gasteiger partial charge in [-0.2, -0.15) is 0 Å². The van der Waals surface area contributed by atoms with Gasteiger partial charge in [-0.25, -0.2) is 4.98 Å². The molecular weight excluding hydrogens is 372 g/mol. The van der Waals surface area contributed by atoms with Crippen LogP contribution in [0.25, 0.3) is 10.2 Å². The van der Waals surface area contributed by atoms with Gasteiger partial charge in [0.15, 0.2) is 6.61 Å². The Labute approximate surface area is 168 Å². The minimum absolute atomic E-state index is 0.0224. The van der Waals surface area contributed by atoms with Crippen molar-refractivity contribution in [1.29, 1.82) is 0 Å². The van der Waals surface area contributed by atoms with Crippen LogP contribution in [0.1, 0.15) is 30.3 Å². The topological polar surface area (TPSA) is 68.3 Å². The van der Waals surface area contributed by atoms with Crippen molar-refractivity contribution in [2.24, 2.45) is 0 Å². The first kappa shape index (κ1) is 20.0. The summed E-state index contributed by atoms with van der Waals surface area (Å²) in [6, 6.07) is 18.0. The lowest BCUT2D eigenvalue weighted by Crippen LogP contribution is -2.36. The Morgan fingerprint density at radius 2 is 1.82 bits per heavy atom. The third-order valence-electron chi connectivity index (χ3n) is 4.36. The van der Waals surface area contributed by atoms with Crippen molar-refractivity contribution >= 4 is 33.4 Å². The fourth-order valence-electron chi connectivity index (χ4n) is 2.87. The van der Waals surface area contributed by atoms with Gasteiger partial charge in [-0.1, -0.05) is 42.5 Å². The molecule has 0 radical (unpaired) electrons. The van der Waals surface area contributed by atoms with E-state index in [2.05, 4.69) is 22.4 Å². The summed E-state index contributed by atoms with van der Waals surface area (Å²) in [6.07, 6.45) is 2.47. The molecular formula is C22H24N2O3S. The number of carbonyl (C=O) groups is 2. The molecule has 1 N–H and O–H groups in total. The van der Waals surface area contributed by atoms with E-state index in [-0.39, 0.29) is 30.9 Å². The highest BCUT2D eigenvalue weighted by Gasteiger charge is 2.12. The predicted octanol–water partition coefficient (Wildman–Crippen LogP) is 3.91. The number of para-hydroxylation sites is 1. The summed E-state index contributed by atoms with van der Waals surface area (Å²) in [4.78, 5) is 28.4. The van der Waals surface area contributed by atoms with Crippen LogP contribution in [0.2, 0.25) is 0 Å². The van der Waals surface area contributed by atoms with Crippen LogP contribution < -0.4 is 5.32 Å². The number of hydrogen-bond donors (Lipinski definition) is 1. The van der Waals surface area contributed by atoms with E-state index < -0.39 is 0 Å². The maximum atomic E-state index is 12.0. The normalized spacial score (nSPS) is 11.9. The van der Waals surface area contributed by atoms with Crippen LogP contribution >= 0.6 is 11.3 Å². The molecule has 0 spiro atoms. The van der Waals surface area contributed by atoms with E-state index in [4.69, 9.17) is 4.74 Å². The smallest absolute Gasteiger partial charge is 0.306 e. The molecule has 0 fully saturated rings. The maximum Gasteiger partial charge on any atom is 0.306 e. The molecule has 0 aliphatic heterocycles. The maximum absolute atomic E-state index is 12.0. The Kier molecular flexibility index (Phi) is 7.14. The summed E-state index contributed by atoms with van der Waals surface area (Å²) in [5.74, 6) is -0.653. The molecule has 1 atom stereocenters. The Balaban J connectivity index is 1.33. The first-order valence-electron chi connectivity index (χ1n) is 9.43. The Morgan fingerprint density at radius 3 is 2.61 bits per heavy atom. The summed E-state index contributed by atoms with van der Waals surface area (Å²) >= 11 is 1.58. The average molecular weight is 397 g/mol. The average Bonchev–Trinajstić information content (AvgIpc) is 3.13. The molecule has 28 heavy (non-hydrogen) atoms. The number of thiazole rings is 1. The third kappa shape index (κ3) is 6.16. The highest BCUT2D eigenvalue weighted by atomic mass is 32.1. The van der Waals surface area contributed by atoms with Crippen molar-refractivity contribution in [2.75, 3.05) is 6.61 Å². The number of benzene rings is 2. The molecule has 3 rings (SSSR count). The van der Waals surface area contributed by atoms with E-state index in [9.17, 15) is 9.59 Å². The standard InChI is InChI=1S/C22H24N2O3S/c1-16(11-12-17-7-3-2-4-8-17)23-20(25)15-27-22(26)14-13-21-24-18-9-5-6-10-19(18)28-21/h2-10,16H,11-15H2,1H3,(H,23,25)/t16-/m1/s1. The highest BCUT2D eigenvalue weighted by molar-refractivity contribution is 7.18. The van der Waals surface area contributed by atoms with E-state index in [1.54, 1.807) is 11.3 Å². The van der Waals surface area contributed by atoms with Gasteiger partial charge in [0.2, 0.25) is 0 Å². The fourth-order valence-corrected chi connectivity index (χ4v) is 3.84. The molecule has 0 saturated heterocycles. The van der Waals surface area contributed by atoms with Gasteiger partial charge in [0.1, 0.15) is 0 Å². The van der Waals surface area contributed by atoms with E-state index >= 15 is 0 Å². The number of nitrogens with one attached hydrogen (secondary N) is 1. The number of aryl methyl sites for hydroxylation is 2. The second-order valence-corrected chi connectivity index (χ2v) is 7.84. The number of aromatic nitrogens is 1. The predicted molar refractivity (Wildman–Crippen MR) is 111 cm³/mol. The molecule has 1 amide bonds. The van der Waals surface area contributed by atoms with E-state index in [0.29, 0.717) is 6.42 Å². The van der Waals surface area contributed by atoms with Crippen LogP contribution in [0.3, 0.4) is 0 Å².